The molecule has 0 radical (unpaired) electrons. The number of aryl methyl sites for hydroxylation is 2. The maximum Gasteiger partial charge on any atom is 0.134 e. The van der Waals surface area contributed by atoms with E-state index in [0.717, 1.165) is 15.3 Å². The quantitative estimate of drug-likeness (QED) is 0.699. The van der Waals surface area contributed by atoms with Gasteiger partial charge in [-0.05, 0) is 25.5 Å². The fraction of sp³-hybridized carbons (Fsp3) is 0.286. The number of thiophene rings is 1. The Morgan fingerprint density at radius 2 is 1.74 bits per heavy atom. The molecule has 0 aliphatic heterocycles. The van der Waals surface area contributed by atoms with Gasteiger partial charge in [-0.1, -0.05) is 15.9 Å². The first-order valence-electron chi connectivity index (χ1n) is 5.68. The first-order chi connectivity index (χ1) is 8.93. The van der Waals surface area contributed by atoms with E-state index in [1.165, 1.54) is 30.6 Å². The third-order valence-corrected chi connectivity index (χ3v) is 5.45. The lowest BCUT2D eigenvalue weighted by Gasteiger charge is -2.12. The lowest BCUT2D eigenvalue weighted by molar-refractivity contribution is 0.405. The number of halogens is 3. The van der Waals surface area contributed by atoms with Gasteiger partial charge in [0.05, 0.1) is 11.9 Å². The Bertz CT molecular complexity index is 567. The summed E-state index contributed by atoms with van der Waals surface area (Å²) in [5.74, 6) is -1.04. The summed E-state index contributed by atoms with van der Waals surface area (Å²) in [4.78, 5) is 1.54. The van der Waals surface area contributed by atoms with Crippen LogP contribution < -0.4 is 4.74 Å². The minimum absolute atomic E-state index is 0.0158. The van der Waals surface area contributed by atoms with Crippen molar-refractivity contribution in [2.75, 3.05) is 7.11 Å². The van der Waals surface area contributed by atoms with Gasteiger partial charge in [-0.15, -0.1) is 11.3 Å². The Kier molecular flexibility index (Phi) is 4.26. The molecule has 0 amide bonds. The number of methoxy groups -OCH3 is 1. The second kappa shape index (κ2) is 5.59. The summed E-state index contributed by atoms with van der Waals surface area (Å²) in [6.45, 7) is 3.97. The van der Waals surface area contributed by atoms with E-state index in [1.54, 1.807) is 0 Å². The number of ether oxygens (including phenoxy) is 1. The average Bonchev–Trinajstić information content (AvgIpc) is 2.68. The predicted molar refractivity (Wildman–Crippen MR) is 77.5 cm³/mol. The molecule has 0 spiro atoms. The third-order valence-electron chi connectivity index (χ3n) is 2.98. The van der Waals surface area contributed by atoms with E-state index in [2.05, 4.69) is 15.9 Å². The summed E-state index contributed by atoms with van der Waals surface area (Å²) >= 11 is 4.91. The molecule has 102 valence electrons. The topological polar surface area (TPSA) is 9.23 Å². The van der Waals surface area contributed by atoms with E-state index >= 15 is 0 Å². The molecule has 0 N–H and O–H groups in total. The van der Waals surface area contributed by atoms with Crippen LogP contribution in [-0.2, 0) is 0 Å². The van der Waals surface area contributed by atoms with Gasteiger partial charge in [0, 0.05) is 27.5 Å². The Morgan fingerprint density at radius 3 is 2.16 bits per heavy atom. The normalized spacial score (nSPS) is 12.5. The van der Waals surface area contributed by atoms with Crippen LogP contribution in [0, 0.1) is 25.5 Å². The number of hydrogen-bond acceptors (Lipinski definition) is 2. The van der Waals surface area contributed by atoms with Crippen molar-refractivity contribution in [3.8, 4) is 5.75 Å². The molecule has 0 saturated carbocycles. The molecule has 19 heavy (non-hydrogen) atoms. The Morgan fingerprint density at radius 1 is 1.16 bits per heavy atom. The second-order valence-electron chi connectivity index (χ2n) is 4.26. The van der Waals surface area contributed by atoms with Crippen LogP contribution in [0.5, 0.6) is 5.75 Å². The smallest absolute Gasteiger partial charge is 0.134 e. The van der Waals surface area contributed by atoms with E-state index in [0.29, 0.717) is 0 Å². The first-order valence-corrected chi connectivity index (χ1v) is 7.41. The Hall–Kier alpha value is -0.940. The molecule has 1 aromatic heterocycles. The molecule has 1 nitrogen and oxygen atoms in total. The van der Waals surface area contributed by atoms with Gasteiger partial charge in [0.2, 0.25) is 0 Å². The van der Waals surface area contributed by atoms with Crippen molar-refractivity contribution in [1.29, 1.82) is 0 Å². The molecule has 1 atom stereocenters. The van der Waals surface area contributed by atoms with Crippen LogP contribution in [0.2, 0.25) is 0 Å². The van der Waals surface area contributed by atoms with Crippen molar-refractivity contribution >= 4 is 27.3 Å². The largest absolute Gasteiger partial charge is 0.497 e. The van der Waals surface area contributed by atoms with Gasteiger partial charge in [0.1, 0.15) is 17.4 Å². The summed E-state index contributed by atoms with van der Waals surface area (Å²) in [5, 5.41) is 0. The van der Waals surface area contributed by atoms with Crippen LogP contribution in [-0.4, -0.2) is 7.11 Å². The van der Waals surface area contributed by atoms with Crippen molar-refractivity contribution in [3.05, 3.63) is 50.7 Å². The van der Waals surface area contributed by atoms with Gasteiger partial charge in [-0.25, -0.2) is 8.78 Å². The van der Waals surface area contributed by atoms with Crippen LogP contribution in [0.3, 0.4) is 0 Å². The summed E-state index contributed by atoms with van der Waals surface area (Å²) in [5.41, 5.74) is 1.14. The molecule has 0 saturated heterocycles. The van der Waals surface area contributed by atoms with Crippen molar-refractivity contribution in [2.24, 2.45) is 0 Å². The molecule has 0 aliphatic rings. The van der Waals surface area contributed by atoms with Gasteiger partial charge in [0.15, 0.2) is 0 Å². The van der Waals surface area contributed by atoms with Gasteiger partial charge in [0.25, 0.3) is 0 Å². The van der Waals surface area contributed by atoms with Crippen molar-refractivity contribution in [1.82, 2.24) is 0 Å². The SMILES string of the molecule is COc1cc(F)c(C(Br)c2cc(C)c(C)s2)c(F)c1. The summed E-state index contributed by atoms with van der Waals surface area (Å²) in [6.07, 6.45) is 0. The highest BCUT2D eigenvalue weighted by Crippen LogP contribution is 2.39. The summed E-state index contributed by atoms with van der Waals surface area (Å²) in [6, 6.07) is 4.34. The van der Waals surface area contributed by atoms with E-state index in [-0.39, 0.29) is 11.3 Å². The van der Waals surface area contributed by atoms with Crippen LogP contribution in [0.1, 0.15) is 25.7 Å². The highest BCUT2D eigenvalue weighted by atomic mass is 79.9. The molecule has 1 unspecified atom stereocenters. The van der Waals surface area contributed by atoms with Crippen molar-refractivity contribution in [2.45, 2.75) is 18.7 Å². The molecule has 2 aromatic rings. The van der Waals surface area contributed by atoms with Gasteiger partial charge in [-0.2, -0.15) is 0 Å². The zero-order chi connectivity index (χ0) is 14.2. The maximum atomic E-state index is 14.0. The Balaban J connectivity index is 2.46. The van der Waals surface area contributed by atoms with Crippen LogP contribution in [0.25, 0.3) is 0 Å². The lowest BCUT2D eigenvalue weighted by Crippen LogP contribution is -2.00. The first kappa shape index (κ1) is 14.5. The van der Waals surface area contributed by atoms with Crippen LogP contribution >= 0.6 is 27.3 Å². The molecule has 1 aromatic carbocycles. The zero-order valence-electron chi connectivity index (χ0n) is 10.8. The Labute approximate surface area is 123 Å². The summed E-state index contributed by atoms with van der Waals surface area (Å²) in [7, 11) is 1.38. The van der Waals surface area contributed by atoms with Crippen molar-refractivity contribution < 1.29 is 13.5 Å². The standard InChI is InChI=1S/C14H13BrF2OS/c1-7-4-12(19-8(7)2)14(15)13-10(16)5-9(18-3)6-11(13)17/h4-6,14H,1-3H3. The number of alkyl halides is 1. The molecule has 2 rings (SSSR count). The minimum Gasteiger partial charge on any atom is -0.497 e. The molecular weight excluding hydrogens is 334 g/mol. The second-order valence-corrected chi connectivity index (χ2v) is 6.46. The van der Waals surface area contributed by atoms with Gasteiger partial charge < -0.3 is 4.74 Å². The third kappa shape index (κ3) is 2.82. The lowest BCUT2D eigenvalue weighted by atomic mass is 10.1. The molecule has 1 heterocycles. The molecule has 0 aliphatic carbocycles. The van der Waals surface area contributed by atoms with Gasteiger partial charge >= 0.3 is 0 Å². The van der Waals surface area contributed by atoms with E-state index in [4.69, 9.17) is 4.74 Å². The highest BCUT2D eigenvalue weighted by molar-refractivity contribution is 9.09. The highest BCUT2D eigenvalue weighted by Gasteiger charge is 2.22. The maximum absolute atomic E-state index is 14.0. The molecular formula is C14H13BrF2OS. The minimum atomic E-state index is -0.609. The summed E-state index contributed by atoms with van der Waals surface area (Å²) < 4.78 is 32.8. The van der Waals surface area contributed by atoms with Crippen LogP contribution in [0.4, 0.5) is 8.78 Å². The number of hydrogen-bond donors (Lipinski definition) is 0. The average molecular weight is 347 g/mol. The fourth-order valence-electron chi connectivity index (χ4n) is 1.79. The fourth-order valence-corrected chi connectivity index (χ4v) is 3.67. The van der Waals surface area contributed by atoms with Crippen LogP contribution in [0.15, 0.2) is 18.2 Å². The van der Waals surface area contributed by atoms with E-state index in [1.807, 2.05) is 19.9 Å². The molecule has 5 heteroatoms. The zero-order valence-corrected chi connectivity index (χ0v) is 13.2. The van der Waals surface area contributed by atoms with E-state index in [9.17, 15) is 8.78 Å². The molecule has 0 fully saturated rings. The van der Waals surface area contributed by atoms with Gasteiger partial charge in [-0.3, -0.25) is 0 Å². The number of benzene rings is 1. The predicted octanol–water partition coefficient (Wildman–Crippen LogP) is 5.14. The molecule has 0 bridgehead atoms. The van der Waals surface area contributed by atoms with E-state index < -0.39 is 16.5 Å². The number of rotatable bonds is 3. The monoisotopic (exact) mass is 346 g/mol. The van der Waals surface area contributed by atoms with Crippen molar-refractivity contribution in [3.63, 3.8) is 0 Å².